The normalized spacial score (nSPS) is 15.8. The van der Waals surface area contributed by atoms with E-state index in [0.29, 0.717) is 5.92 Å². The SMILES string of the molecule is C=C(CO)N(Cc1ccc(C(C)C2CCCC2)cc1)C(=C)CCCCC. The van der Waals surface area contributed by atoms with Crippen molar-refractivity contribution in [2.45, 2.75) is 77.7 Å². The van der Waals surface area contributed by atoms with Crippen molar-refractivity contribution in [3.8, 4) is 0 Å². The first kappa shape index (κ1) is 20.8. The molecule has 2 heteroatoms. The van der Waals surface area contributed by atoms with E-state index in [1.165, 1.54) is 49.7 Å². The molecule has 0 saturated heterocycles. The lowest BCUT2D eigenvalue weighted by Gasteiger charge is -2.28. The van der Waals surface area contributed by atoms with Crippen molar-refractivity contribution in [2.24, 2.45) is 5.92 Å². The highest BCUT2D eigenvalue weighted by molar-refractivity contribution is 5.27. The largest absolute Gasteiger partial charge is 0.390 e. The molecule has 1 unspecified atom stereocenters. The molecule has 1 aromatic carbocycles. The zero-order valence-electron chi connectivity index (χ0n) is 16.8. The Morgan fingerprint density at radius 2 is 1.77 bits per heavy atom. The fourth-order valence-corrected chi connectivity index (χ4v) is 4.09. The molecule has 0 bridgehead atoms. The molecule has 0 spiro atoms. The van der Waals surface area contributed by atoms with Gasteiger partial charge in [-0.15, -0.1) is 0 Å². The van der Waals surface area contributed by atoms with Gasteiger partial charge in [-0.3, -0.25) is 0 Å². The van der Waals surface area contributed by atoms with Crippen molar-refractivity contribution < 1.29 is 5.11 Å². The second-order valence-electron chi connectivity index (χ2n) is 7.91. The standard InChI is InChI=1S/C24H37NO/c1-5-6-7-10-19(2)25(20(3)18-26)17-22-13-15-24(16-14-22)21(4)23-11-8-9-12-23/h13-16,21,23,26H,2-3,5-12,17-18H2,1,4H3. The molecule has 1 saturated carbocycles. The fourth-order valence-electron chi connectivity index (χ4n) is 4.09. The van der Waals surface area contributed by atoms with E-state index in [4.69, 9.17) is 0 Å². The Balaban J connectivity index is 2.00. The molecule has 0 radical (unpaired) electrons. The molecule has 1 atom stereocenters. The topological polar surface area (TPSA) is 23.5 Å². The minimum absolute atomic E-state index is 0.0242. The monoisotopic (exact) mass is 355 g/mol. The summed E-state index contributed by atoms with van der Waals surface area (Å²) in [5.74, 6) is 1.50. The number of nitrogens with zero attached hydrogens (tertiary/aromatic N) is 1. The molecule has 144 valence electrons. The number of benzene rings is 1. The Hall–Kier alpha value is -1.54. The van der Waals surface area contributed by atoms with Gasteiger partial charge in [0.1, 0.15) is 0 Å². The molecule has 26 heavy (non-hydrogen) atoms. The van der Waals surface area contributed by atoms with Gasteiger partial charge in [-0.2, -0.15) is 0 Å². The van der Waals surface area contributed by atoms with Gasteiger partial charge in [-0.25, -0.2) is 0 Å². The number of aliphatic hydroxyl groups excluding tert-OH is 1. The lowest BCUT2D eigenvalue weighted by atomic mass is 9.86. The van der Waals surface area contributed by atoms with Gasteiger partial charge in [-0.1, -0.05) is 77.0 Å². The molecule has 1 N–H and O–H groups in total. The molecule has 0 amide bonds. The number of allylic oxidation sites excluding steroid dienone is 1. The van der Waals surface area contributed by atoms with Crippen molar-refractivity contribution in [1.29, 1.82) is 0 Å². The van der Waals surface area contributed by atoms with E-state index in [0.717, 1.165) is 36.7 Å². The summed E-state index contributed by atoms with van der Waals surface area (Å²) in [5.41, 5.74) is 4.49. The summed E-state index contributed by atoms with van der Waals surface area (Å²) >= 11 is 0. The van der Waals surface area contributed by atoms with E-state index in [1.807, 2.05) is 0 Å². The molecule has 1 fully saturated rings. The van der Waals surface area contributed by atoms with Crippen LogP contribution in [0.2, 0.25) is 0 Å². The van der Waals surface area contributed by atoms with Crippen LogP contribution in [0, 0.1) is 5.92 Å². The van der Waals surface area contributed by atoms with Crippen LogP contribution in [-0.2, 0) is 6.54 Å². The summed E-state index contributed by atoms with van der Waals surface area (Å²) in [7, 11) is 0. The Morgan fingerprint density at radius 1 is 1.12 bits per heavy atom. The van der Waals surface area contributed by atoms with Crippen molar-refractivity contribution in [3.05, 3.63) is 59.9 Å². The zero-order chi connectivity index (χ0) is 18.9. The van der Waals surface area contributed by atoms with Crippen LogP contribution < -0.4 is 0 Å². The maximum absolute atomic E-state index is 9.56. The van der Waals surface area contributed by atoms with Crippen LogP contribution in [0.1, 0.15) is 82.3 Å². The predicted molar refractivity (Wildman–Crippen MR) is 112 cm³/mol. The molecule has 2 rings (SSSR count). The highest BCUT2D eigenvalue weighted by Crippen LogP contribution is 2.37. The third kappa shape index (κ3) is 5.74. The van der Waals surface area contributed by atoms with Gasteiger partial charge < -0.3 is 10.0 Å². The molecular weight excluding hydrogens is 318 g/mol. The number of aliphatic hydroxyl groups is 1. The highest BCUT2D eigenvalue weighted by atomic mass is 16.3. The quantitative estimate of drug-likeness (QED) is 0.465. The van der Waals surface area contributed by atoms with Gasteiger partial charge in [-0.05, 0) is 48.6 Å². The molecule has 0 aliphatic heterocycles. The van der Waals surface area contributed by atoms with Crippen LogP contribution in [0.15, 0.2) is 48.8 Å². The first-order valence-corrected chi connectivity index (χ1v) is 10.4. The Kier molecular flexibility index (Phi) is 8.44. The third-order valence-corrected chi connectivity index (χ3v) is 5.97. The summed E-state index contributed by atoms with van der Waals surface area (Å²) in [6.07, 6.45) is 10.1. The molecule has 0 aromatic heterocycles. The average Bonchev–Trinajstić information content (AvgIpc) is 3.20. The second-order valence-corrected chi connectivity index (χ2v) is 7.91. The second kappa shape index (κ2) is 10.6. The fraction of sp³-hybridized carbons (Fsp3) is 0.583. The Labute approximate surface area is 160 Å². The van der Waals surface area contributed by atoms with E-state index in [-0.39, 0.29) is 6.61 Å². The predicted octanol–water partition coefficient (Wildman–Crippen LogP) is 6.38. The van der Waals surface area contributed by atoms with Gasteiger partial charge in [0.15, 0.2) is 0 Å². The van der Waals surface area contributed by atoms with Gasteiger partial charge in [0.25, 0.3) is 0 Å². The average molecular weight is 356 g/mol. The van der Waals surface area contributed by atoms with E-state index in [1.54, 1.807) is 0 Å². The summed E-state index contributed by atoms with van der Waals surface area (Å²) < 4.78 is 0. The minimum Gasteiger partial charge on any atom is -0.390 e. The van der Waals surface area contributed by atoms with Crippen LogP contribution in [-0.4, -0.2) is 16.6 Å². The number of unbranched alkanes of at least 4 members (excludes halogenated alkanes) is 2. The van der Waals surface area contributed by atoms with Crippen molar-refractivity contribution in [1.82, 2.24) is 4.90 Å². The van der Waals surface area contributed by atoms with Crippen LogP contribution in [0.3, 0.4) is 0 Å². The summed E-state index contributed by atoms with van der Waals surface area (Å²) in [5, 5.41) is 9.56. The molecule has 1 aliphatic carbocycles. The van der Waals surface area contributed by atoms with Crippen LogP contribution >= 0.6 is 0 Å². The maximum atomic E-state index is 9.56. The summed E-state index contributed by atoms with van der Waals surface area (Å²) in [6, 6.07) is 9.05. The van der Waals surface area contributed by atoms with Gasteiger partial charge in [0, 0.05) is 17.9 Å². The van der Waals surface area contributed by atoms with E-state index in [2.05, 4.69) is 56.2 Å². The minimum atomic E-state index is -0.0242. The number of hydrogen-bond acceptors (Lipinski definition) is 2. The Morgan fingerprint density at radius 3 is 2.35 bits per heavy atom. The molecule has 1 aliphatic rings. The molecule has 1 aromatic rings. The van der Waals surface area contributed by atoms with Crippen LogP contribution in [0.5, 0.6) is 0 Å². The lowest BCUT2D eigenvalue weighted by Crippen LogP contribution is -2.23. The number of hydrogen-bond donors (Lipinski definition) is 1. The smallest absolute Gasteiger partial charge is 0.0827 e. The van der Waals surface area contributed by atoms with E-state index < -0.39 is 0 Å². The zero-order valence-corrected chi connectivity index (χ0v) is 16.8. The molecular formula is C24H37NO. The maximum Gasteiger partial charge on any atom is 0.0827 e. The van der Waals surface area contributed by atoms with E-state index >= 15 is 0 Å². The van der Waals surface area contributed by atoms with Crippen molar-refractivity contribution in [3.63, 3.8) is 0 Å². The first-order valence-electron chi connectivity index (χ1n) is 10.4. The van der Waals surface area contributed by atoms with Gasteiger partial charge >= 0.3 is 0 Å². The van der Waals surface area contributed by atoms with Gasteiger partial charge in [0.2, 0.25) is 0 Å². The van der Waals surface area contributed by atoms with E-state index in [9.17, 15) is 5.11 Å². The summed E-state index contributed by atoms with van der Waals surface area (Å²) in [4.78, 5) is 2.09. The van der Waals surface area contributed by atoms with Crippen molar-refractivity contribution >= 4 is 0 Å². The van der Waals surface area contributed by atoms with Crippen molar-refractivity contribution in [2.75, 3.05) is 6.61 Å². The van der Waals surface area contributed by atoms with Gasteiger partial charge in [0.05, 0.1) is 6.61 Å². The number of rotatable bonds is 11. The lowest BCUT2D eigenvalue weighted by molar-refractivity contribution is 0.272. The van der Waals surface area contributed by atoms with Crippen LogP contribution in [0.25, 0.3) is 0 Å². The molecule has 0 heterocycles. The van der Waals surface area contributed by atoms with Crippen LogP contribution in [0.4, 0.5) is 0 Å². The third-order valence-electron chi connectivity index (χ3n) is 5.97. The Bertz CT molecular complexity index is 568. The summed E-state index contributed by atoms with van der Waals surface area (Å²) in [6.45, 7) is 13.6. The highest BCUT2D eigenvalue weighted by Gasteiger charge is 2.22. The molecule has 2 nitrogen and oxygen atoms in total. The first-order chi connectivity index (χ1) is 12.6.